The first kappa shape index (κ1) is 16.0. The second-order valence-electron chi connectivity index (χ2n) is 6.00. The number of nitrogens with zero attached hydrogens (tertiary/aromatic N) is 1. The first-order valence-corrected chi connectivity index (χ1v) is 7.95. The molecule has 0 radical (unpaired) electrons. The summed E-state index contributed by atoms with van der Waals surface area (Å²) < 4.78 is 1.29. The van der Waals surface area contributed by atoms with E-state index in [1.165, 1.54) is 10.1 Å². The third-order valence-electron chi connectivity index (χ3n) is 4.27. The fraction of sp³-hybridized carbons (Fsp3) is 0.278. The van der Waals surface area contributed by atoms with Crippen LogP contribution >= 0.6 is 0 Å². The summed E-state index contributed by atoms with van der Waals surface area (Å²) >= 11 is 0. The van der Waals surface area contributed by atoms with Crippen molar-refractivity contribution in [2.45, 2.75) is 33.1 Å². The molecule has 2 amide bonds. The second-order valence-corrected chi connectivity index (χ2v) is 6.00. The van der Waals surface area contributed by atoms with Gasteiger partial charge in [-0.1, -0.05) is 25.5 Å². The lowest BCUT2D eigenvalue weighted by Crippen LogP contribution is -2.24. The van der Waals surface area contributed by atoms with Gasteiger partial charge in [-0.15, -0.1) is 0 Å². The van der Waals surface area contributed by atoms with Crippen molar-refractivity contribution in [2.24, 2.45) is 0 Å². The van der Waals surface area contributed by atoms with E-state index in [0.29, 0.717) is 5.69 Å². The van der Waals surface area contributed by atoms with Crippen molar-refractivity contribution in [3.63, 3.8) is 0 Å². The number of imide groups is 1. The van der Waals surface area contributed by atoms with Gasteiger partial charge in [-0.2, -0.15) is 0 Å². The number of rotatable bonds is 4. The van der Waals surface area contributed by atoms with Crippen molar-refractivity contribution in [3.05, 3.63) is 56.9 Å². The quantitative estimate of drug-likeness (QED) is 0.840. The van der Waals surface area contributed by atoms with Crippen LogP contribution < -0.4 is 16.6 Å². The Labute approximate surface area is 139 Å². The zero-order chi connectivity index (χ0) is 17.4. The van der Waals surface area contributed by atoms with E-state index in [1.54, 1.807) is 0 Å². The molecule has 0 fully saturated rings. The van der Waals surface area contributed by atoms with Crippen LogP contribution in [0.15, 0.2) is 29.1 Å². The van der Waals surface area contributed by atoms with Gasteiger partial charge >= 0.3 is 0 Å². The molecule has 3 N–H and O–H groups in total. The van der Waals surface area contributed by atoms with E-state index < -0.39 is 17.4 Å². The Kier molecular flexibility index (Phi) is 3.97. The molecule has 0 unspecified atom stereocenters. The summed E-state index contributed by atoms with van der Waals surface area (Å²) in [6.45, 7) is 4.04. The molecule has 6 nitrogen and oxygen atoms in total. The van der Waals surface area contributed by atoms with E-state index in [1.807, 2.05) is 25.1 Å². The third kappa shape index (κ3) is 2.50. The zero-order valence-electron chi connectivity index (χ0n) is 13.7. The number of pyridine rings is 1. The maximum atomic E-state index is 12.5. The molecule has 1 aliphatic heterocycles. The minimum Gasteiger partial charge on any atom is -0.384 e. The van der Waals surface area contributed by atoms with Crippen LogP contribution in [0.25, 0.3) is 5.69 Å². The molecule has 2 aromatic rings. The van der Waals surface area contributed by atoms with Crippen molar-refractivity contribution >= 4 is 17.6 Å². The topological polar surface area (TPSA) is 94.2 Å². The molecule has 1 aliphatic rings. The summed E-state index contributed by atoms with van der Waals surface area (Å²) in [5, 5.41) is 2.17. The average Bonchev–Trinajstić information content (AvgIpc) is 2.81. The Hall–Kier alpha value is -2.89. The lowest BCUT2D eigenvalue weighted by molar-refractivity contribution is 0.0880. The van der Waals surface area contributed by atoms with E-state index in [4.69, 9.17) is 5.73 Å². The van der Waals surface area contributed by atoms with Crippen LogP contribution in [-0.4, -0.2) is 16.4 Å². The highest BCUT2D eigenvalue weighted by Gasteiger charge is 2.31. The third-order valence-corrected chi connectivity index (χ3v) is 4.27. The Morgan fingerprint density at radius 1 is 1.12 bits per heavy atom. The molecular weight excluding hydrogens is 306 g/mol. The van der Waals surface area contributed by atoms with Gasteiger partial charge in [-0.3, -0.25) is 24.3 Å². The number of amides is 2. The maximum Gasteiger partial charge on any atom is 0.262 e. The summed E-state index contributed by atoms with van der Waals surface area (Å²) in [6.07, 6.45) is 3.19. The average molecular weight is 325 g/mol. The molecule has 0 bridgehead atoms. The van der Waals surface area contributed by atoms with Gasteiger partial charge in [0.15, 0.2) is 0 Å². The number of aromatic nitrogens is 1. The van der Waals surface area contributed by atoms with Gasteiger partial charge in [0.1, 0.15) is 5.82 Å². The van der Waals surface area contributed by atoms with Crippen LogP contribution in [-0.2, 0) is 6.42 Å². The van der Waals surface area contributed by atoms with Crippen molar-refractivity contribution in [3.8, 4) is 5.69 Å². The van der Waals surface area contributed by atoms with Crippen LogP contribution in [0.1, 0.15) is 51.6 Å². The molecule has 0 saturated heterocycles. The number of fused-ring (bicyclic) bond motifs is 1. The van der Waals surface area contributed by atoms with E-state index in [0.717, 1.165) is 30.9 Å². The molecular formula is C18H19N3O3. The first-order valence-electron chi connectivity index (χ1n) is 7.95. The molecule has 0 aliphatic carbocycles. The number of hydrogen-bond donors (Lipinski definition) is 2. The number of anilines is 1. The highest BCUT2D eigenvalue weighted by Crippen LogP contribution is 2.25. The number of benzene rings is 1. The second kappa shape index (κ2) is 5.96. The molecule has 124 valence electrons. The first-order chi connectivity index (χ1) is 11.4. The predicted octanol–water partition coefficient (Wildman–Crippen LogP) is 1.95. The Morgan fingerprint density at radius 3 is 2.54 bits per heavy atom. The van der Waals surface area contributed by atoms with E-state index in [-0.39, 0.29) is 16.9 Å². The molecule has 1 aromatic heterocycles. The van der Waals surface area contributed by atoms with Crippen LogP contribution in [0.5, 0.6) is 0 Å². The lowest BCUT2D eigenvalue weighted by atomic mass is 10.0. The molecule has 6 heteroatoms. The molecule has 2 heterocycles. The van der Waals surface area contributed by atoms with Crippen LogP contribution in [0, 0.1) is 6.92 Å². The van der Waals surface area contributed by atoms with Gasteiger partial charge in [-0.05, 0) is 37.0 Å². The Morgan fingerprint density at radius 2 is 1.88 bits per heavy atom. The number of carbonyl (C=O) groups excluding carboxylic acids is 2. The summed E-state index contributed by atoms with van der Waals surface area (Å²) in [4.78, 5) is 36.1. The smallest absolute Gasteiger partial charge is 0.262 e. The van der Waals surface area contributed by atoms with E-state index in [9.17, 15) is 14.4 Å². The number of nitrogens with two attached hydrogens (primary N) is 1. The number of nitrogens with one attached hydrogen (secondary N) is 1. The molecule has 1 aromatic carbocycles. The monoisotopic (exact) mass is 325 g/mol. The van der Waals surface area contributed by atoms with E-state index >= 15 is 0 Å². The molecule has 3 rings (SSSR count). The van der Waals surface area contributed by atoms with Crippen LogP contribution in [0.2, 0.25) is 0 Å². The fourth-order valence-corrected chi connectivity index (χ4v) is 3.03. The van der Waals surface area contributed by atoms with Crippen molar-refractivity contribution in [1.82, 2.24) is 9.88 Å². The number of aryl methyl sites for hydroxylation is 2. The van der Waals surface area contributed by atoms with Gasteiger partial charge in [0.05, 0.1) is 16.8 Å². The Bertz CT molecular complexity index is 912. The zero-order valence-corrected chi connectivity index (χ0v) is 13.7. The SMILES string of the molecule is CCCCc1ccc(-n2c(N)c3c(cc2=O)C(=O)NC3=O)c(C)c1. The van der Waals surface area contributed by atoms with Crippen molar-refractivity contribution in [1.29, 1.82) is 0 Å². The number of nitrogen functional groups attached to an aromatic ring is 1. The molecule has 0 spiro atoms. The van der Waals surface area contributed by atoms with Gasteiger partial charge in [0.25, 0.3) is 17.4 Å². The molecule has 24 heavy (non-hydrogen) atoms. The minimum atomic E-state index is -0.586. The van der Waals surface area contributed by atoms with Crippen LogP contribution in [0.3, 0.4) is 0 Å². The normalized spacial score (nSPS) is 13.1. The van der Waals surface area contributed by atoms with Gasteiger partial charge in [0.2, 0.25) is 0 Å². The molecule has 0 saturated carbocycles. The molecule has 0 atom stereocenters. The summed E-state index contributed by atoms with van der Waals surface area (Å²) in [5.41, 5.74) is 8.43. The largest absolute Gasteiger partial charge is 0.384 e. The van der Waals surface area contributed by atoms with Crippen LogP contribution in [0.4, 0.5) is 5.82 Å². The van der Waals surface area contributed by atoms with Crippen molar-refractivity contribution in [2.75, 3.05) is 5.73 Å². The summed E-state index contributed by atoms with van der Waals surface area (Å²) in [6, 6.07) is 6.98. The highest BCUT2D eigenvalue weighted by atomic mass is 16.2. The summed E-state index contributed by atoms with van der Waals surface area (Å²) in [7, 11) is 0. The number of hydrogen-bond acceptors (Lipinski definition) is 4. The maximum absolute atomic E-state index is 12.5. The lowest BCUT2D eigenvalue weighted by Gasteiger charge is -2.15. The standard InChI is InChI=1S/C18H19N3O3/c1-3-4-5-11-6-7-13(10(2)8-11)21-14(22)9-12-15(16(21)19)18(24)20-17(12)23/h6-9H,3-5,19H2,1-2H3,(H,20,23,24). The minimum absolute atomic E-state index is 0.00902. The fourth-order valence-electron chi connectivity index (χ4n) is 3.03. The van der Waals surface area contributed by atoms with E-state index in [2.05, 4.69) is 12.2 Å². The van der Waals surface area contributed by atoms with Gasteiger partial charge in [0, 0.05) is 6.07 Å². The number of unbranched alkanes of at least 4 members (excludes halogenated alkanes) is 1. The van der Waals surface area contributed by atoms with Gasteiger partial charge in [-0.25, -0.2) is 0 Å². The van der Waals surface area contributed by atoms with Crippen molar-refractivity contribution < 1.29 is 9.59 Å². The Balaban J connectivity index is 2.14. The van der Waals surface area contributed by atoms with Gasteiger partial charge < -0.3 is 5.73 Å². The highest BCUT2D eigenvalue weighted by molar-refractivity contribution is 6.23. The number of carbonyl (C=O) groups is 2. The predicted molar refractivity (Wildman–Crippen MR) is 91.6 cm³/mol. The summed E-state index contributed by atoms with van der Waals surface area (Å²) in [5.74, 6) is -1.17.